The van der Waals surface area contributed by atoms with Crippen LogP contribution in [0.5, 0.6) is 11.5 Å². The van der Waals surface area contributed by atoms with Crippen molar-refractivity contribution in [3.8, 4) is 11.5 Å². The quantitative estimate of drug-likeness (QED) is 0.761. The van der Waals surface area contributed by atoms with Gasteiger partial charge in [0.25, 0.3) is 0 Å². The summed E-state index contributed by atoms with van der Waals surface area (Å²) in [6.07, 6.45) is 0.933. The van der Waals surface area contributed by atoms with Crippen LogP contribution in [0.25, 0.3) is 0 Å². The number of nitrogens with one attached hydrogen (secondary N) is 1. The number of hydrogen-bond acceptors (Lipinski definition) is 3. The lowest BCUT2D eigenvalue weighted by Crippen LogP contribution is -2.17. The molecule has 2 rings (SSSR count). The second-order valence-corrected chi connectivity index (χ2v) is 5.70. The Kier molecular flexibility index (Phi) is 6.37. The molecule has 0 saturated carbocycles. The van der Waals surface area contributed by atoms with Crippen molar-refractivity contribution >= 4 is 23.2 Å². The van der Waals surface area contributed by atoms with Gasteiger partial charge in [0, 0.05) is 22.7 Å². The van der Waals surface area contributed by atoms with Crippen molar-refractivity contribution in [3.63, 3.8) is 0 Å². The van der Waals surface area contributed by atoms with E-state index in [1.54, 1.807) is 20.3 Å². The minimum Gasteiger partial charge on any atom is -0.493 e. The van der Waals surface area contributed by atoms with Crippen molar-refractivity contribution < 1.29 is 9.47 Å². The second-order valence-electron chi connectivity index (χ2n) is 4.85. The first-order valence-electron chi connectivity index (χ1n) is 6.99. The molecule has 0 spiro atoms. The number of methoxy groups -OCH3 is 2. The van der Waals surface area contributed by atoms with Gasteiger partial charge in [-0.2, -0.15) is 0 Å². The van der Waals surface area contributed by atoms with Gasteiger partial charge in [-0.15, -0.1) is 0 Å². The molecule has 0 aromatic heterocycles. The summed E-state index contributed by atoms with van der Waals surface area (Å²) in [5.74, 6) is 1.32. The second kappa shape index (κ2) is 8.28. The molecular formula is C17H19Cl2NO2. The first-order valence-corrected chi connectivity index (χ1v) is 7.75. The lowest BCUT2D eigenvalue weighted by Gasteiger charge is -2.12. The van der Waals surface area contributed by atoms with Crippen LogP contribution >= 0.6 is 23.2 Å². The van der Waals surface area contributed by atoms with E-state index in [2.05, 4.69) is 5.32 Å². The fraction of sp³-hybridized carbons (Fsp3) is 0.294. The van der Waals surface area contributed by atoms with Crippen LogP contribution in [-0.2, 0) is 13.0 Å². The molecule has 0 unspecified atom stereocenters. The first-order chi connectivity index (χ1) is 10.6. The van der Waals surface area contributed by atoms with Crippen molar-refractivity contribution in [1.29, 1.82) is 0 Å². The van der Waals surface area contributed by atoms with Crippen molar-refractivity contribution in [1.82, 2.24) is 5.32 Å². The molecule has 0 heterocycles. The monoisotopic (exact) mass is 339 g/mol. The number of benzene rings is 2. The van der Waals surface area contributed by atoms with E-state index in [1.807, 2.05) is 30.3 Å². The summed E-state index contributed by atoms with van der Waals surface area (Å²) in [6.45, 7) is 1.53. The predicted molar refractivity (Wildman–Crippen MR) is 91.4 cm³/mol. The number of rotatable bonds is 7. The fourth-order valence-electron chi connectivity index (χ4n) is 2.14. The Balaban J connectivity index is 1.90. The van der Waals surface area contributed by atoms with Crippen molar-refractivity contribution in [2.75, 3.05) is 20.8 Å². The van der Waals surface area contributed by atoms with Gasteiger partial charge in [0.2, 0.25) is 0 Å². The smallest absolute Gasteiger partial charge is 0.162 e. The van der Waals surface area contributed by atoms with Crippen LogP contribution in [-0.4, -0.2) is 20.8 Å². The molecule has 2 aromatic rings. The third-order valence-electron chi connectivity index (χ3n) is 3.37. The minimum absolute atomic E-state index is 0.636. The topological polar surface area (TPSA) is 30.5 Å². The van der Waals surface area contributed by atoms with Gasteiger partial charge in [0.15, 0.2) is 11.5 Å². The lowest BCUT2D eigenvalue weighted by atomic mass is 10.1. The molecule has 0 atom stereocenters. The Labute approximate surface area is 141 Å². The molecule has 0 bridgehead atoms. The Morgan fingerprint density at radius 2 is 1.59 bits per heavy atom. The molecule has 22 heavy (non-hydrogen) atoms. The summed E-state index contributed by atoms with van der Waals surface area (Å²) < 4.78 is 10.5. The summed E-state index contributed by atoms with van der Waals surface area (Å²) in [7, 11) is 3.21. The van der Waals surface area contributed by atoms with Crippen LogP contribution in [0.1, 0.15) is 11.1 Å². The van der Waals surface area contributed by atoms with Gasteiger partial charge in [0.1, 0.15) is 0 Å². The molecule has 2 aromatic carbocycles. The zero-order valence-corrected chi connectivity index (χ0v) is 14.2. The molecule has 5 heteroatoms. The summed E-state index contributed by atoms with van der Waals surface area (Å²) >= 11 is 12.1. The maximum absolute atomic E-state index is 6.26. The molecule has 0 aliphatic carbocycles. The first kappa shape index (κ1) is 16.9. The molecule has 0 radical (unpaired) electrons. The molecule has 0 aliphatic rings. The van der Waals surface area contributed by atoms with Gasteiger partial charge >= 0.3 is 0 Å². The van der Waals surface area contributed by atoms with Crippen molar-refractivity contribution in [2.24, 2.45) is 0 Å². The van der Waals surface area contributed by atoms with E-state index in [1.165, 1.54) is 5.56 Å². The highest BCUT2D eigenvalue weighted by Crippen LogP contribution is 2.32. The van der Waals surface area contributed by atoms with Gasteiger partial charge < -0.3 is 14.8 Å². The predicted octanol–water partition coefficient (Wildman–Crippen LogP) is 4.34. The Hall–Kier alpha value is -1.42. The van der Waals surface area contributed by atoms with Crippen LogP contribution in [0.4, 0.5) is 0 Å². The van der Waals surface area contributed by atoms with Crippen LogP contribution in [0.2, 0.25) is 10.0 Å². The van der Waals surface area contributed by atoms with E-state index in [-0.39, 0.29) is 0 Å². The average Bonchev–Trinajstić information content (AvgIpc) is 2.54. The molecule has 0 saturated heterocycles. The van der Waals surface area contributed by atoms with Gasteiger partial charge in [-0.05, 0) is 42.3 Å². The van der Waals surface area contributed by atoms with Crippen molar-refractivity contribution in [2.45, 2.75) is 13.0 Å². The number of halogens is 2. The Morgan fingerprint density at radius 3 is 2.23 bits per heavy atom. The van der Waals surface area contributed by atoms with Crippen LogP contribution in [0, 0.1) is 0 Å². The van der Waals surface area contributed by atoms with Gasteiger partial charge in [-0.3, -0.25) is 0 Å². The van der Waals surface area contributed by atoms with Crippen LogP contribution < -0.4 is 14.8 Å². The molecule has 118 valence electrons. The zero-order valence-electron chi connectivity index (χ0n) is 12.7. The third-order valence-corrected chi connectivity index (χ3v) is 3.98. The summed E-state index contributed by atoms with van der Waals surface area (Å²) in [6, 6.07) is 11.6. The maximum Gasteiger partial charge on any atom is 0.162 e. The standard InChI is InChI=1S/C17H19Cl2NO2/c1-21-16-9-13(15(19)10-17(16)22-2)11-20-8-7-12-3-5-14(18)6-4-12/h3-6,9-10,20H,7-8,11H2,1-2H3. The molecule has 1 N–H and O–H groups in total. The highest BCUT2D eigenvalue weighted by molar-refractivity contribution is 6.31. The zero-order chi connectivity index (χ0) is 15.9. The van der Waals surface area contributed by atoms with Crippen molar-refractivity contribution in [3.05, 3.63) is 57.6 Å². The highest BCUT2D eigenvalue weighted by atomic mass is 35.5. The van der Waals surface area contributed by atoms with Gasteiger partial charge in [0.05, 0.1) is 14.2 Å². The molecule has 0 aliphatic heterocycles. The lowest BCUT2D eigenvalue weighted by molar-refractivity contribution is 0.354. The van der Waals surface area contributed by atoms with E-state index in [4.69, 9.17) is 32.7 Å². The minimum atomic E-state index is 0.636. The van der Waals surface area contributed by atoms with E-state index >= 15 is 0 Å². The van der Waals surface area contributed by atoms with Crippen LogP contribution in [0.15, 0.2) is 36.4 Å². The Bertz CT molecular complexity index is 615. The average molecular weight is 340 g/mol. The Morgan fingerprint density at radius 1 is 0.955 bits per heavy atom. The maximum atomic E-state index is 6.26. The third kappa shape index (κ3) is 4.54. The molecule has 0 amide bonds. The highest BCUT2D eigenvalue weighted by Gasteiger charge is 2.09. The van der Waals surface area contributed by atoms with E-state index in [0.29, 0.717) is 23.1 Å². The van der Waals surface area contributed by atoms with E-state index < -0.39 is 0 Å². The van der Waals surface area contributed by atoms with E-state index in [0.717, 1.165) is 23.6 Å². The largest absolute Gasteiger partial charge is 0.493 e. The summed E-state index contributed by atoms with van der Waals surface area (Å²) in [5, 5.41) is 4.80. The van der Waals surface area contributed by atoms with Crippen LogP contribution in [0.3, 0.4) is 0 Å². The SMILES string of the molecule is COc1cc(Cl)c(CNCCc2ccc(Cl)cc2)cc1OC. The molecular weight excluding hydrogens is 321 g/mol. The summed E-state index contributed by atoms with van der Waals surface area (Å²) in [4.78, 5) is 0. The fourth-order valence-corrected chi connectivity index (χ4v) is 2.49. The normalized spacial score (nSPS) is 10.5. The molecule has 0 fully saturated rings. The number of hydrogen-bond donors (Lipinski definition) is 1. The summed E-state index contributed by atoms with van der Waals surface area (Å²) in [5.41, 5.74) is 2.23. The number of ether oxygens (including phenoxy) is 2. The van der Waals surface area contributed by atoms with Gasteiger partial charge in [-0.25, -0.2) is 0 Å². The van der Waals surface area contributed by atoms with Gasteiger partial charge in [-0.1, -0.05) is 35.3 Å². The van der Waals surface area contributed by atoms with E-state index in [9.17, 15) is 0 Å². The molecule has 3 nitrogen and oxygen atoms in total.